The van der Waals surface area contributed by atoms with Crippen LogP contribution in [0.4, 0.5) is 36.4 Å². The summed E-state index contributed by atoms with van der Waals surface area (Å²) in [4.78, 5) is 66.3. The molecule has 3 amide bonds. The molecular weight excluding hydrogens is 727 g/mol. The molecule has 1 aliphatic rings. The third kappa shape index (κ3) is 10.6. The number of hydrogen-bond acceptors (Lipinski definition) is 13. The molecular formula is C33H31ClF3N9O7. The van der Waals surface area contributed by atoms with Crippen LogP contribution in [0.2, 0.25) is 5.02 Å². The van der Waals surface area contributed by atoms with Crippen LogP contribution in [0.5, 0.6) is 11.9 Å². The zero-order valence-corrected chi connectivity index (χ0v) is 28.7. The summed E-state index contributed by atoms with van der Waals surface area (Å²) in [7, 11) is 2.50. The number of carbonyl (C=O) groups is 4. The first-order valence-electron chi connectivity index (χ1n) is 15.6. The molecule has 5 N–H and O–H groups in total. The number of amides is 3. The van der Waals surface area contributed by atoms with E-state index in [-0.39, 0.29) is 23.1 Å². The summed E-state index contributed by atoms with van der Waals surface area (Å²) in [6.45, 7) is -2.12. The van der Waals surface area contributed by atoms with Crippen LogP contribution in [0.1, 0.15) is 28.8 Å². The lowest BCUT2D eigenvalue weighted by atomic mass is 10.1. The molecule has 1 saturated carbocycles. The number of nitrogens with zero attached hydrogens (tertiary/aromatic N) is 4. The van der Waals surface area contributed by atoms with E-state index >= 15 is 0 Å². The maximum Gasteiger partial charge on any atom is 0.422 e. The molecule has 16 nitrogen and oxygen atoms in total. The lowest BCUT2D eigenvalue weighted by Crippen LogP contribution is -2.50. The first-order chi connectivity index (χ1) is 25.3. The van der Waals surface area contributed by atoms with Crippen LogP contribution < -0.4 is 36.1 Å². The van der Waals surface area contributed by atoms with E-state index in [9.17, 15) is 32.3 Å². The normalized spacial score (nSPS) is 13.5. The molecule has 2 aromatic carbocycles. The van der Waals surface area contributed by atoms with Gasteiger partial charge in [-0.15, -0.1) is 0 Å². The Kier molecular flexibility index (Phi) is 11.8. The molecule has 1 aliphatic carbocycles. The summed E-state index contributed by atoms with van der Waals surface area (Å²) in [6.07, 6.45) is -1.97. The fraction of sp³-hybridized carbons (Fsp3) is 0.273. The molecule has 0 unspecified atom stereocenters. The number of nitrogens with one attached hydrogen (secondary N) is 5. The molecule has 2 aromatic heterocycles. The minimum Gasteiger partial charge on any atom is -0.481 e. The van der Waals surface area contributed by atoms with E-state index in [0.717, 1.165) is 12.7 Å². The second-order valence-electron chi connectivity index (χ2n) is 11.4. The number of ether oxygens (including phenoxy) is 3. The molecule has 0 saturated heterocycles. The zero-order valence-electron chi connectivity index (χ0n) is 27.9. The van der Waals surface area contributed by atoms with Crippen molar-refractivity contribution in [2.24, 2.45) is 0 Å². The second-order valence-corrected chi connectivity index (χ2v) is 11.8. The molecule has 278 valence electrons. The van der Waals surface area contributed by atoms with Crippen molar-refractivity contribution >= 4 is 58.6 Å². The topological polar surface area (TPSA) is 208 Å². The van der Waals surface area contributed by atoms with Crippen molar-refractivity contribution < 1.29 is 46.6 Å². The standard InChI is InChI=1S/C33H31ClF3N9O7/c1-51-24-12-11-22(15-38-24)40-27(49)26(48)39-16-23(28(50)52-2)42-25(47)18-3-9-21(10-4-18)41-29-43-30(45-31(44-29)53-17-33(35,36)37)46-32(13-14-32)19-5-7-20(34)8-6-19/h3-12,15,23H,13-14,16-17H2,1-2H3,(H,39,48)(H,40,49)(H,42,47)(H2,41,43,44,45,46)/t23-/m0/s1. The van der Waals surface area contributed by atoms with Crippen LogP contribution in [-0.4, -0.2) is 83.2 Å². The lowest BCUT2D eigenvalue weighted by molar-refractivity contribution is -0.154. The highest BCUT2D eigenvalue weighted by molar-refractivity contribution is 6.39. The fourth-order valence-corrected chi connectivity index (χ4v) is 4.85. The van der Waals surface area contributed by atoms with E-state index in [4.69, 9.17) is 25.8 Å². The average molecular weight is 758 g/mol. The molecule has 5 rings (SSSR count). The quantitative estimate of drug-likeness (QED) is 0.0919. The molecule has 4 aromatic rings. The second kappa shape index (κ2) is 16.4. The summed E-state index contributed by atoms with van der Waals surface area (Å²) in [5.41, 5.74) is 0.935. The highest BCUT2D eigenvalue weighted by atomic mass is 35.5. The van der Waals surface area contributed by atoms with E-state index in [2.05, 4.69) is 46.5 Å². The maximum absolute atomic E-state index is 13.0. The van der Waals surface area contributed by atoms with Gasteiger partial charge in [0.1, 0.15) is 6.04 Å². The summed E-state index contributed by atoms with van der Waals surface area (Å²) in [5.74, 6) is -3.69. The number of rotatable bonds is 14. The van der Waals surface area contributed by atoms with Crippen molar-refractivity contribution in [2.75, 3.05) is 43.3 Å². The smallest absolute Gasteiger partial charge is 0.422 e. The highest BCUT2D eigenvalue weighted by Crippen LogP contribution is 2.48. The highest BCUT2D eigenvalue weighted by Gasteiger charge is 2.45. The van der Waals surface area contributed by atoms with Crippen molar-refractivity contribution in [3.8, 4) is 11.9 Å². The number of benzene rings is 2. The fourth-order valence-electron chi connectivity index (χ4n) is 4.72. The molecule has 1 fully saturated rings. The number of pyridine rings is 1. The van der Waals surface area contributed by atoms with E-state index in [1.807, 2.05) is 12.1 Å². The Labute approximate surface area is 304 Å². The van der Waals surface area contributed by atoms with Gasteiger partial charge < -0.3 is 40.8 Å². The SMILES string of the molecule is COC(=O)[C@H](CNC(=O)C(=O)Nc1ccc(OC)nc1)NC(=O)c1ccc(Nc2nc(NC3(c4ccc(Cl)cc4)CC3)nc(OCC(F)(F)F)n2)cc1. The van der Waals surface area contributed by atoms with Gasteiger partial charge in [-0.2, -0.15) is 28.1 Å². The zero-order chi connectivity index (χ0) is 38.2. The molecule has 0 radical (unpaired) electrons. The first kappa shape index (κ1) is 38.0. The number of aromatic nitrogens is 4. The molecule has 1 atom stereocenters. The molecule has 2 heterocycles. The van der Waals surface area contributed by atoms with Crippen molar-refractivity contribution in [1.29, 1.82) is 0 Å². The van der Waals surface area contributed by atoms with Gasteiger partial charge in [-0.1, -0.05) is 23.7 Å². The van der Waals surface area contributed by atoms with Crippen LogP contribution in [0.3, 0.4) is 0 Å². The Bertz CT molecular complexity index is 1950. The number of alkyl halides is 3. The number of esters is 1. The van der Waals surface area contributed by atoms with Crippen LogP contribution in [0.15, 0.2) is 66.9 Å². The van der Waals surface area contributed by atoms with Gasteiger partial charge in [0.25, 0.3) is 5.91 Å². The van der Waals surface area contributed by atoms with Crippen molar-refractivity contribution in [3.63, 3.8) is 0 Å². The van der Waals surface area contributed by atoms with Gasteiger partial charge in [0.05, 0.1) is 31.6 Å². The molecule has 0 bridgehead atoms. The predicted molar refractivity (Wildman–Crippen MR) is 183 cm³/mol. The van der Waals surface area contributed by atoms with Gasteiger partial charge in [0.15, 0.2) is 6.61 Å². The Morgan fingerprint density at radius 3 is 2.17 bits per heavy atom. The minimum absolute atomic E-state index is 0.0423. The summed E-state index contributed by atoms with van der Waals surface area (Å²) >= 11 is 6.02. The maximum atomic E-state index is 13.0. The van der Waals surface area contributed by atoms with Gasteiger partial charge in [-0.05, 0) is 60.9 Å². The van der Waals surface area contributed by atoms with Gasteiger partial charge in [0, 0.05) is 28.9 Å². The first-order valence-corrected chi connectivity index (χ1v) is 16.0. The van der Waals surface area contributed by atoms with Crippen molar-refractivity contribution in [3.05, 3.63) is 83.0 Å². The van der Waals surface area contributed by atoms with Gasteiger partial charge >= 0.3 is 30.0 Å². The van der Waals surface area contributed by atoms with Crippen molar-refractivity contribution in [2.45, 2.75) is 30.6 Å². The number of halogens is 4. The largest absolute Gasteiger partial charge is 0.481 e. The monoisotopic (exact) mass is 757 g/mol. The van der Waals surface area contributed by atoms with Gasteiger partial charge in [0.2, 0.25) is 17.8 Å². The van der Waals surface area contributed by atoms with E-state index in [1.54, 1.807) is 12.1 Å². The molecule has 53 heavy (non-hydrogen) atoms. The number of hydrogen-bond donors (Lipinski definition) is 5. The lowest BCUT2D eigenvalue weighted by Gasteiger charge is -2.19. The third-order valence-corrected chi connectivity index (χ3v) is 7.80. The predicted octanol–water partition coefficient (Wildman–Crippen LogP) is 3.74. The minimum atomic E-state index is -4.64. The van der Waals surface area contributed by atoms with Gasteiger partial charge in [-0.3, -0.25) is 14.4 Å². The van der Waals surface area contributed by atoms with E-state index < -0.39 is 60.6 Å². The summed E-state index contributed by atoms with van der Waals surface area (Å²) in [6, 6.07) is 13.7. The van der Waals surface area contributed by atoms with Crippen LogP contribution in [0.25, 0.3) is 0 Å². The average Bonchev–Trinajstić information content (AvgIpc) is 3.92. The van der Waals surface area contributed by atoms with Crippen LogP contribution >= 0.6 is 11.6 Å². The van der Waals surface area contributed by atoms with Crippen LogP contribution in [0, 0.1) is 0 Å². The number of anilines is 4. The number of methoxy groups -OCH3 is 2. The number of carbonyl (C=O) groups excluding carboxylic acids is 4. The molecule has 0 aliphatic heterocycles. The summed E-state index contributed by atoms with van der Waals surface area (Å²) in [5, 5.41) is 13.6. The molecule has 0 spiro atoms. The third-order valence-electron chi connectivity index (χ3n) is 7.55. The Balaban J connectivity index is 1.23. The Morgan fingerprint density at radius 1 is 0.887 bits per heavy atom. The van der Waals surface area contributed by atoms with E-state index in [1.165, 1.54) is 49.7 Å². The van der Waals surface area contributed by atoms with E-state index in [0.29, 0.717) is 29.4 Å². The Morgan fingerprint density at radius 2 is 1.57 bits per heavy atom. The van der Waals surface area contributed by atoms with Gasteiger partial charge in [-0.25, -0.2) is 9.78 Å². The summed E-state index contributed by atoms with van der Waals surface area (Å²) < 4.78 is 53.3. The van der Waals surface area contributed by atoms with Crippen LogP contribution in [-0.2, 0) is 24.7 Å². The molecule has 20 heteroatoms. The Hall–Kier alpha value is -6.24. The van der Waals surface area contributed by atoms with Crippen molar-refractivity contribution in [1.82, 2.24) is 30.6 Å².